The van der Waals surface area contributed by atoms with Gasteiger partial charge in [0.15, 0.2) is 0 Å². The average molecular weight is 193 g/mol. The van der Waals surface area contributed by atoms with Gasteiger partial charge in [-0.15, -0.1) is 0 Å². The van der Waals surface area contributed by atoms with Crippen LogP contribution in [0.4, 0.5) is 0 Å². The predicted octanol–water partition coefficient (Wildman–Crippen LogP) is 0.327. The minimum atomic E-state index is -0.0900. The van der Waals surface area contributed by atoms with E-state index in [0.717, 1.165) is 11.3 Å². The molecule has 0 atom stereocenters. The quantitative estimate of drug-likeness (QED) is 0.701. The molecule has 1 aromatic heterocycles. The van der Waals surface area contributed by atoms with E-state index in [0.29, 0.717) is 13.1 Å². The van der Waals surface area contributed by atoms with E-state index in [1.807, 2.05) is 14.0 Å². The van der Waals surface area contributed by atoms with Gasteiger partial charge in [0.25, 0.3) is 5.56 Å². The van der Waals surface area contributed by atoms with Crippen molar-refractivity contribution in [2.45, 2.75) is 13.5 Å². The van der Waals surface area contributed by atoms with Crippen LogP contribution < -0.4 is 10.9 Å². The Labute approximate surface area is 83.3 Å². The molecule has 4 heteroatoms. The fourth-order valence-corrected chi connectivity index (χ4v) is 1.18. The molecule has 0 unspecified atom stereocenters. The summed E-state index contributed by atoms with van der Waals surface area (Å²) >= 11 is 0. The normalized spacial score (nSPS) is 10.1. The fraction of sp³-hybridized carbons (Fsp3) is 0.400. The van der Waals surface area contributed by atoms with Gasteiger partial charge in [-0.2, -0.15) is 5.10 Å². The summed E-state index contributed by atoms with van der Waals surface area (Å²) in [6, 6.07) is 3.23. The maximum atomic E-state index is 11.4. The second-order valence-corrected chi connectivity index (χ2v) is 3.25. The van der Waals surface area contributed by atoms with Crippen LogP contribution in [0.2, 0.25) is 0 Å². The molecule has 0 fully saturated rings. The maximum absolute atomic E-state index is 11.4. The van der Waals surface area contributed by atoms with Gasteiger partial charge in [0.05, 0.1) is 12.2 Å². The third kappa shape index (κ3) is 2.81. The number of hydrogen-bond donors (Lipinski definition) is 1. The molecule has 1 rings (SSSR count). The first kappa shape index (κ1) is 10.7. The third-order valence-corrected chi connectivity index (χ3v) is 1.80. The van der Waals surface area contributed by atoms with Crippen LogP contribution in [0.15, 0.2) is 29.1 Å². The number of rotatable bonds is 4. The highest BCUT2D eigenvalue weighted by atomic mass is 16.1. The van der Waals surface area contributed by atoms with E-state index in [1.165, 1.54) is 10.7 Å². The standard InChI is InChI=1S/C10H15N3O/c1-8(6-11-3)7-13-10(14)5-4-9(2)12-13/h4-5,11H,1,6-7H2,2-3H3. The van der Waals surface area contributed by atoms with Gasteiger partial charge in [0.2, 0.25) is 0 Å². The van der Waals surface area contributed by atoms with Gasteiger partial charge in [0.1, 0.15) is 0 Å². The van der Waals surface area contributed by atoms with E-state index < -0.39 is 0 Å². The number of nitrogens with one attached hydrogen (secondary N) is 1. The maximum Gasteiger partial charge on any atom is 0.267 e. The Kier molecular flexibility index (Phi) is 3.59. The van der Waals surface area contributed by atoms with Gasteiger partial charge >= 0.3 is 0 Å². The molecular weight excluding hydrogens is 178 g/mol. The average Bonchev–Trinajstić information content (AvgIpc) is 2.12. The van der Waals surface area contributed by atoms with Gasteiger partial charge < -0.3 is 5.32 Å². The lowest BCUT2D eigenvalue weighted by atomic mass is 10.3. The minimum Gasteiger partial charge on any atom is -0.316 e. The lowest BCUT2D eigenvalue weighted by molar-refractivity contribution is 0.608. The zero-order chi connectivity index (χ0) is 10.6. The molecule has 0 aliphatic rings. The number of nitrogens with zero attached hydrogens (tertiary/aromatic N) is 2. The van der Waals surface area contributed by atoms with E-state index in [9.17, 15) is 4.79 Å². The molecule has 76 valence electrons. The van der Waals surface area contributed by atoms with Crippen LogP contribution in [0.25, 0.3) is 0 Å². The van der Waals surface area contributed by atoms with Crippen molar-refractivity contribution in [2.24, 2.45) is 0 Å². The van der Waals surface area contributed by atoms with E-state index in [2.05, 4.69) is 17.0 Å². The largest absolute Gasteiger partial charge is 0.316 e. The monoisotopic (exact) mass is 193 g/mol. The molecule has 0 saturated carbocycles. The van der Waals surface area contributed by atoms with Crippen molar-refractivity contribution in [2.75, 3.05) is 13.6 Å². The van der Waals surface area contributed by atoms with Crippen molar-refractivity contribution >= 4 is 0 Å². The van der Waals surface area contributed by atoms with Crippen LogP contribution in [0.1, 0.15) is 5.69 Å². The molecule has 0 aliphatic carbocycles. The minimum absolute atomic E-state index is 0.0900. The molecular formula is C10H15N3O. The molecule has 0 spiro atoms. The molecule has 1 N–H and O–H groups in total. The zero-order valence-corrected chi connectivity index (χ0v) is 8.58. The van der Waals surface area contributed by atoms with E-state index in [4.69, 9.17) is 0 Å². The molecule has 14 heavy (non-hydrogen) atoms. The third-order valence-electron chi connectivity index (χ3n) is 1.80. The summed E-state index contributed by atoms with van der Waals surface area (Å²) in [6.07, 6.45) is 0. The van der Waals surface area contributed by atoms with Crippen LogP contribution in [0, 0.1) is 6.92 Å². The summed E-state index contributed by atoms with van der Waals surface area (Å²) in [7, 11) is 1.84. The topological polar surface area (TPSA) is 46.9 Å². The van der Waals surface area contributed by atoms with Crippen LogP contribution in [0.5, 0.6) is 0 Å². The summed E-state index contributed by atoms with van der Waals surface area (Å²) < 4.78 is 1.43. The van der Waals surface area contributed by atoms with Crippen molar-refractivity contribution < 1.29 is 0 Å². The Morgan fingerprint density at radius 1 is 1.64 bits per heavy atom. The number of aryl methyl sites for hydroxylation is 1. The van der Waals surface area contributed by atoms with Gasteiger partial charge in [-0.1, -0.05) is 6.58 Å². The summed E-state index contributed by atoms with van der Waals surface area (Å²) in [6.45, 7) is 6.88. The van der Waals surface area contributed by atoms with Crippen molar-refractivity contribution in [1.82, 2.24) is 15.1 Å². The van der Waals surface area contributed by atoms with Crippen LogP contribution in [-0.2, 0) is 6.54 Å². The summed E-state index contributed by atoms with van der Waals surface area (Å²) in [5.41, 5.74) is 1.68. The van der Waals surface area contributed by atoms with Crippen LogP contribution in [0.3, 0.4) is 0 Å². The summed E-state index contributed by atoms with van der Waals surface area (Å²) in [5.74, 6) is 0. The first-order valence-electron chi connectivity index (χ1n) is 4.49. The lowest BCUT2D eigenvalue weighted by Crippen LogP contribution is -2.25. The van der Waals surface area contributed by atoms with Crippen molar-refractivity contribution in [1.29, 1.82) is 0 Å². The first-order chi connectivity index (χ1) is 6.63. The molecule has 0 amide bonds. The van der Waals surface area contributed by atoms with Crippen molar-refractivity contribution in [3.63, 3.8) is 0 Å². The first-order valence-corrected chi connectivity index (χ1v) is 4.49. The Balaban J connectivity index is 2.81. The predicted molar refractivity (Wildman–Crippen MR) is 56.3 cm³/mol. The molecule has 4 nitrogen and oxygen atoms in total. The Morgan fingerprint density at radius 3 is 3.00 bits per heavy atom. The van der Waals surface area contributed by atoms with Crippen molar-refractivity contribution in [3.8, 4) is 0 Å². The molecule has 1 aromatic rings. The van der Waals surface area contributed by atoms with Crippen LogP contribution in [-0.4, -0.2) is 23.4 Å². The fourth-order valence-electron chi connectivity index (χ4n) is 1.18. The van der Waals surface area contributed by atoms with E-state index in [-0.39, 0.29) is 5.56 Å². The highest BCUT2D eigenvalue weighted by molar-refractivity contribution is 5.01. The number of aromatic nitrogens is 2. The van der Waals surface area contributed by atoms with E-state index in [1.54, 1.807) is 6.07 Å². The molecule has 0 aromatic carbocycles. The number of likely N-dealkylation sites (N-methyl/N-ethyl adjacent to an activating group) is 1. The Bertz CT molecular complexity index is 381. The lowest BCUT2D eigenvalue weighted by Gasteiger charge is -2.07. The SMILES string of the molecule is C=C(CNC)Cn1nc(C)ccc1=O. The Morgan fingerprint density at radius 2 is 2.36 bits per heavy atom. The Hall–Kier alpha value is -1.42. The van der Waals surface area contributed by atoms with Gasteiger partial charge in [-0.3, -0.25) is 4.79 Å². The molecule has 0 radical (unpaired) electrons. The highest BCUT2D eigenvalue weighted by Gasteiger charge is 1.99. The van der Waals surface area contributed by atoms with Gasteiger partial charge in [0, 0.05) is 12.6 Å². The van der Waals surface area contributed by atoms with Gasteiger partial charge in [-0.05, 0) is 25.6 Å². The van der Waals surface area contributed by atoms with E-state index >= 15 is 0 Å². The van der Waals surface area contributed by atoms with Crippen molar-refractivity contribution in [3.05, 3.63) is 40.3 Å². The summed E-state index contributed by atoms with van der Waals surface area (Å²) in [5, 5.41) is 7.09. The molecule has 0 bridgehead atoms. The number of hydrogen-bond acceptors (Lipinski definition) is 3. The van der Waals surface area contributed by atoms with Gasteiger partial charge in [-0.25, -0.2) is 4.68 Å². The second kappa shape index (κ2) is 4.72. The summed E-state index contributed by atoms with van der Waals surface area (Å²) in [4.78, 5) is 11.4. The smallest absolute Gasteiger partial charge is 0.267 e. The highest BCUT2D eigenvalue weighted by Crippen LogP contribution is 1.92. The van der Waals surface area contributed by atoms with Crippen LogP contribution >= 0.6 is 0 Å². The molecule has 1 heterocycles. The molecule has 0 saturated heterocycles. The zero-order valence-electron chi connectivity index (χ0n) is 8.58. The second-order valence-electron chi connectivity index (χ2n) is 3.25. The molecule has 0 aliphatic heterocycles.